The van der Waals surface area contributed by atoms with E-state index in [0.717, 1.165) is 0 Å². The Morgan fingerprint density at radius 3 is 2.10 bits per heavy atom. The van der Waals surface area contributed by atoms with Crippen molar-refractivity contribution in [1.82, 2.24) is 0 Å². The van der Waals surface area contributed by atoms with Crippen LogP contribution in [0.1, 0.15) is 23.5 Å². The first-order valence-corrected chi connectivity index (χ1v) is 11.9. The summed E-state index contributed by atoms with van der Waals surface area (Å²) in [6, 6.07) is 9.72. The van der Waals surface area contributed by atoms with Crippen molar-refractivity contribution in [3.8, 4) is 51.4 Å². The first-order valence-electron chi connectivity index (χ1n) is 11.9. The van der Waals surface area contributed by atoms with Gasteiger partial charge in [0, 0.05) is 17.5 Å². The number of phenolic OH excluding ortho intramolecular Hbond substituents is 1. The third-order valence-corrected chi connectivity index (χ3v) is 6.75. The standard InChI is InChI=1S/C29H26O10/c1-33-19-7-6-14(8-20(19)34-2)17-13-38-29-25-16(15-9-22(35-3)28(37-5)23(10-15)36-4)11-24(31)39-21(25)12-18(30)26(29)27(17)32/h6-10,12-13,16,30H,11H2,1-5H3/t16-/m1/s1. The lowest BCUT2D eigenvalue weighted by molar-refractivity contribution is -0.135. The number of carbonyl (C=O) groups excluding carboxylic acids is 1. The highest BCUT2D eigenvalue weighted by Crippen LogP contribution is 2.49. The molecule has 1 atom stereocenters. The van der Waals surface area contributed by atoms with Gasteiger partial charge in [-0.1, -0.05) is 6.07 Å². The average Bonchev–Trinajstić information content (AvgIpc) is 2.95. The predicted molar refractivity (Wildman–Crippen MR) is 141 cm³/mol. The lowest BCUT2D eigenvalue weighted by Gasteiger charge is -2.27. The van der Waals surface area contributed by atoms with Crippen molar-refractivity contribution in [2.24, 2.45) is 0 Å². The Kier molecular flexibility index (Phi) is 6.69. The van der Waals surface area contributed by atoms with Crippen molar-refractivity contribution in [3.05, 3.63) is 64.0 Å². The number of fused-ring (bicyclic) bond motifs is 3. The number of esters is 1. The maximum atomic E-state index is 13.7. The topological polar surface area (TPSA) is 123 Å². The number of phenols is 1. The summed E-state index contributed by atoms with van der Waals surface area (Å²) in [6.07, 6.45) is 1.26. The number of rotatable bonds is 7. The van der Waals surface area contributed by atoms with Crippen LogP contribution in [-0.2, 0) is 4.79 Å². The molecule has 5 rings (SSSR count). The molecule has 10 nitrogen and oxygen atoms in total. The highest BCUT2D eigenvalue weighted by molar-refractivity contribution is 5.94. The van der Waals surface area contributed by atoms with Crippen LogP contribution in [0.2, 0.25) is 0 Å². The molecule has 0 unspecified atom stereocenters. The predicted octanol–water partition coefficient (Wildman–Crippen LogP) is 4.65. The van der Waals surface area contributed by atoms with E-state index in [0.29, 0.717) is 45.4 Å². The quantitative estimate of drug-likeness (QED) is 0.265. The molecule has 1 aliphatic heterocycles. The zero-order chi connectivity index (χ0) is 27.8. The van der Waals surface area contributed by atoms with Crippen LogP contribution in [0.4, 0.5) is 0 Å². The molecule has 1 aliphatic rings. The van der Waals surface area contributed by atoms with Gasteiger partial charge < -0.3 is 37.9 Å². The van der Waals surface area contributed by atoms with E-state index in [9.17, 15) is 14.7 Å². The first-order chi connectivity index (χ1) is 18.8. The maximum absolute atomic E-state index is 13.7. The van der Waals surface area contributed by atoms with E-state index in [-0.39, 0.29) is 34.5 Å². The molecule has 0 aliphatic carbocycles. The van der Waals surface area contributed by atoms with Crippen LogP contribution in [0, 0.1) is 0 Å². The van der Waals surface area contributed by atoms with Crippen molar-refractivity contribution in [1.29, 1.82) is 0 Å². The van der Waals surface area contributed by atoms with Crippen LogP contribution in [0.15, 0.2) is 51.9 Å². The minimum absolute atomic E-state index is 0.0450. The number of ether oxygens (including phenoxy) is 6. The summed E-state index contributed by atoms with van der Waals surface area (Å²) in [5.74, 6) is 0.716. The van der Waals surface area contributed by atoms with Crippen molar-refractivity contribution in [2.75, 3.05) is 35.5 Å². The molecule has 0 saturated carbocycles. The van der Waals surface area contributed by atoms with Gasteiger partial charge in [0.1, 0.15) is 28.7 Å². The Morgan fingerprint density at radius 2 is 1.49 bits per heavy atom. The fourth-order valence-electron chi connectivity index (χ4n) is 4.92. The molecule has 0 spiro atoms. The molecule has 0 amide bonds. The summed E-state index contributed by atoms with van der Waals surface area (Å²) in [5.41, 5.74) is 1.42. The lowest BCUT2D eigenvalue weighted by Crippen LogP contribution is -2.22. The minimum Gasteiger partial charge on any atom is -0.507 e. The Bertz CT molecular complexity index is 1630. The molecule has 39 heavy (non-hydrogen) atoms. The molecule has 4 aromatic rings. The van der Waals surface area contributed by atoms with Gasteiger partial charge in [-0.25, -0.2) is 0 Å². The normalized spacial score (nSPS) is 14.4. The summed E-state index contributed by atoms with van der Waals surface area (Å²) < 4.78 is 38.6. The first kappa shape index (κ1) is 25.8. The van der Waals surface area contributed by atoms with Crippen LogP contribution in [0.5, 0.6) is 40.2 Å². The van der Waals surface area contributed by atoms with E-state index in [2.05, 4.69) is 0 Å². The minimum atomic E-state index is -0.604. The number of methoxy groups -OCH3 is 5. The van der Waals surface area contributed by atoms with E-state index in [4.69, 9.17) is 32.8 Å². The third kappa shape index (κ3) is 4.23. The highest BCUT2D eigenvalue weighted by Gasteiger charge is 2.35. The van der Waals surface area contributed by atoms with Crippen LogP contribution < -0.4 is 33.8 Å². The molecular weight excluding hydrogens is 508 g/mol. The molecule has 1 N–H and O–H groups in total. The number of hydrogen-bond donors (Lipinski definition) is 1. The molecular formula is C29H26O10. The van der Waals surface area contributed by atoms with Crippen LogP contribution in [0.25, 0.3) is 22.1 Å². The fraction of sp³-hybridized carbons (Fsp3) is 0.241. The molecule has 202 valence electrons. The van der Waals surface area contributed by atoms with Gasteiger partial charge in [-0.05, 0) is 35.4 Å². The van der Waals surface area contributed by atoms with Crippen molar-refractivity contribution in [2.45, 2.75) is 12.3 Å². The molecule has 10 heteroatoms. The van der Waals surface area contributed by atoms with Gasteiger partial charge in [0.2, 0.25) is 11.2 Å². The van der Waals surface area contributed by atoms with E-state index in [1.54, 1.807) is 30.3 Å². The van der Waals surface area contributed by atoms with E-state index < -0.39 is 17.3 Å². The number of benzene rings is 3. The number of aromatic hydroxyl groups is 1. The van der Waals surface area contributed by atoms with Crippen molar-refractivity contribution >= 4 is 16.9 Å². The SMILES string of the molecule is COc1ccc(-c2coc3c4c(cc(O)c3c2=O)OC(=O)C[C@@H]4c2cc(OC)c(OC)c(OC)c2)cc1OC. The van der Waals surface area contributed by atoms with E-state index in [1.807, 2.05) is 0 Å². The number of carbonyl (C=O) groups is 1. The highest BCUT2D eigenvalue weighted by atomic mass is 16.5. The summed E-state index contributed by atoms with van der Waals surface area (Å²) in [7, 11) is 7.49. The van der Waals surface area contributed by atoms with Gasteiger partial charge in [0.25, 0.3) is 0 Å². The van der Waals surface area contributed by atoms with Crippen LogP contribution >= 0.6 is 0 Å². The Balaban J connectivity index is 1.74. The molecule has 2 heterocycles. The van der Waals surface area contributed by atoms with Crippen molar-refractivity contribution < 1.29 is 42.7 Å². The Labute approximate surface area is 223 Å². The lowest BCUT2D eigenvalue weighted by atomic mass is 9.84. The molecule has 0 radical (unpaired) electrons. The fourth-order valence-corrected chi connectivity index (χ4v) is 4.92. The third-order valence-electron chi connectivity index (χ3n) is 6.75. The largest absolute Gasteiger partial charge is 0.507 e. The second-order valence-corrected chi connectivity index (χ2v) is 8.75. The summed E-state index contributed by atoms with van der Waals surface area (Å²) in [6.45, 7) is 0. The van der Waals surface area contributed by atoms with Gasteiger partial charge in [-0.2, -0.15) is 0 Å². The van der Waals surface area contributed by atoms with E-state index in [1.165, 1.54) is 47.9 Å². The maximum Gasteiger partial charge on any atom is 0.312 e. The molecule has 1 aromatic heterocycles. The smallest absolute Gasteiger partial charge is 0.312 e. The van der Waals surface area contributed by atoms with Gasteiger partial charge >= 0.3 is 5.97 Å². The van der Waals surface area contributed by atoms with Gasteiger partial charge in [-0.3, -0.25) is 9.59 Å². The molecule has 0 fully saturated rings. The second-order valence-electron chi connectivity index (χ2n) is 8.75. The molecule has 3 aromatic carbocycles. The Morgan fingerprint density at radius 1 is 0.821 bits per heavy atom. The van der Waals surface area contributed by atoms with Gasteiger partial charge in [0.15, 0.2) is 23.0 Å². The van der Waals surface area contributed by atoms with Crippen LogP contribution in [-0.4, -0.2) is 46.6 Å². The zero-order valence-corrected chi connectivity index (χ0v) is 21.9. The van der Waals surface area contributed by atoms with Crippen LogP contribution in [0.3, 0.4) is 0 Å². The van der Waals surface area contributed by atoms with Gasteiger partial charge in [0.05, 0.1) is 47.5 Å². The molecule has 0 bridgehead atoms. The average molecular weight is 535 g/mol. The summed E-state index contributed by atoms with van der Waals surface area (Å²) in [4.78, 5) is 26.3. The summed E-state index contributed by atoms with van der Waals surface area (Å²) in [5, 5.41) is 10.8. The Hall–Kier alpha value is -4.86. The zero-order valence-electron chi connectivity index (χ0n) is 21.9. The summed E-state index contributed by atoms with van der Waals surface area (Å²) >= 11 is 0. The number of hydrogen-bond acceptors (Lipinski definition) is 10. The van der Waals surface area contributed by atoms with Gasteiger partial charge in [-0.15, -0.1) is 0 Å². The monoisotopic (exact) mass is 534 g/mol. The van der Waals surface area contributed by atoms with Crippen molar-refractivity contribution in [3.63, 3.8) is 0 Å². The second kappa shape index (κ2) is 10.1. The van der Waals surface area contributed by atoms with E-state index >= 15 is 0 Å². The molecule has 0 saturated heterocycles.